The second kappa shape index (κ2) is 11.3. The average Bonchev–Trinajstić information content (AvgIpc) is 3.03. The molecule has 40 heavy (non-hydrogen) atoms. The van der Waals surface area contributed by atoms with Crippen LogP contribution in [0.1, 0.15) is 5.56 Å². The van der Waals surface area contributed by atoms with E-state index in [9.17, 15) is 0 Å². The van der Waals surface area contributed by atoms with E-state index in [-0.39, 0.29) is 0 Å². The van der Waals surface area contributed by atoms with Gasteiger partial charge in [0.2, 0.25) is 0 Å². The molecule has 0 aliphatic heterocycles. The summed E-state index contributed by atoms with van der Waals surface area (Å²) >= 11 is 0. The van der Waals surface area contributed by atoms with Gasteiger partial charge < -0.3 is 9.64 Å². The molecule has 0 N–H and O–H groups in total. The molecule has 0 bridgehead atoms. The largest absolute Gasteiger partial charge is 0.496 e. The molecule has 6 rings (SSSR count). The van der Waals surface area contributed by atoms with Crippen LogP contribution in [0.2, 0.25) is 0 Å². The van der Waals surface area contributed by atoms with Gasteiger partial charge in [0.1, 0.15) is 5.75 Å². The smallest absolute Gasteiger partial charge is 0.128 e. The van der Waals surface area contributed by atoms with Gasteiger partial charge in [-0.3, -0.25) is 0 Å². The minimum atomic E-state index is 0.804. The third kappa shape index (κ3) is 5.23. The molecule has 0 aliphatic carbocycles. The Bertz CT molecular complexity index is 1710. The van der Waals surface area contributed by atoms with Crippen molar-refractivity contribution in [2.24, 2.45) is 0 Å². The van der Waals surface area contributed by atoms with Gasteiger partial charge in [-0.2, -0.15) is 0 Å². The van der Waals surface area contributed by atoms with E-state index in [1.54, 1.807) is 7.11 Å². The number of para-hydroxylation sites is 2. The molecule has 3 heteroatoms. The lowest BCUT2D eigenvalue weighted by Crippen LogP contribution is -2.09. The van der Waals surface area contributed by atoms with Crippen LogP contribution in [0.15, 0.2) is 146 Å². The molecule has 0 atom stereocenters. The van der Waals surface area contributed by atoms with Crippen molar-refractivity contribution < 1.29 is 4.74 Å². The minimum absolute atomic E-state index is 0.804. The highest BCUT2D eigenvalue weighted by molar-refractivity contribution is 5.81. The van der Waals surface area contributed by atoms with Crippen molar-refractivity contribution in [3.63, 3.8) is 0 Å². The zero-order valence-corrected chi connectivity index (χ0v) is 22.7. The number of anilines is 3. The number of methoxy groups -OCH3 is 1. The summed E-state index contributed by atoms with van der Waals surface area (Å²) in [5.41, 5.74) is 10.6. The maximum absolute atomic E-state index is 5.68. The van der Waals surface area contributed by atoms with Crippen LogP contribution in [0.25, 0.3) is 33.6 Å². The van der Waals surface area contributed by atoms with E-state index in [1.165, 1.54) is 5.56 Å². The molecular formula is C37H30N2O. The number of ether oxygens (including phenoxy) is 1. The molecule has 0 saturated carbocycles. The summed E-state index contributed by atoms with van der Waals surface area (Å²) in [7, 11) is 1.70. The van der Waals surface area contributed by atoms with Crippen molar-refractivity contribution in [3.8, 4) is 39.4 Å². The first-order valence-corrected chi connectivity index (χ1v) is 13.4. The molecule has 5 aromatic carbocycles. The summed E-state index contributed by atoms with van der Waals surface area (Å²) in [4.78, 5) is 7.34. The summed E-state index contributed by atoms with van der Waals surface area (Å²) in [5.74, 6) is 0.804. The summed E-state index contributed by atoms with van der Waals surface area (Å²) in [6.45, 7) is 2.11. The Balaban J connectivity index is 1.45. The van der Waals surface area contributed by atoms with Gasteiger partial charge in [-0.1, -0.05) is 90.5 Å². The molecule has 0 radical (unpaired) electrons. The molecular weight excluding hydrogens is 488 g/mol. The lowest BCUT2D eigenvalue weighted by molar-refractivity contribution is 0.416. The predicted octanol–water partition coefficient (Wildman–Crippen LogP) is 9.87. The van der Waals surface area contributed by atoms with Crippen LogP contribution >= 0.6 is 0 Å². The van der Waals surface area contributed by atoms with Crippen molar-refractivity contribution >= 4 is 17.1 Å². The highest BCUT2D eigenvalue weighted by Gasteiger charge is 2.15. The first kappa shape index (κ1) is 25.1. The molecule has 194 valence electrons. The molecule has 1 heterocycles. The van der Waals surface area contributed by atoms with Crippen LogP contribution in [0.3, 0.4) is 0 Å². The minimum Gasteiger partial charge on any atom is -0.496 e. The average molecular weight is 519 g/mol. The number of aromatic nitrogens is 1. The first-order chi connectivity index (χ1) is 19.7. The zero-order chi connectivity index (χ0) is 27.3. The molecule has 3 nitrogen and oxygen atoms in total. The number of benzene rings is 5. The molecule has 0 spiro atoms. The van der Waals surface area contributed by atoms with E-state index >= 15 is 0 Å². The number of aryl methyl sites for hydroxylation is 1. The van der Waals surface area contributed by atoms with Gasteiger partial charge in [-0.05, 0) is 78.7 Å². The van der Waals surface area contributed by atoms with Crippen molar-refractivity contribution in [2.75, 3.05) is 12.0 Å². The maximum atomic E-state index is 5.68. The van der Waals surface area contributed by atoms with Gasteiger partial charge in [0.15, 0.2) is 0 Å². The molecule has 0 amide bonds. The van der Waals surface area contributed by atoms with Crippen molar-refractivity contribution in [2.45, 2.75) is 6.92 Å². The molecule has 6 aromatic rings. The standard InChI is InChI=1S/C37H30N2O/c1-27-17-21-32(22-18-27)39(31-13-7-4-8-14-31)33-23-19-28(20-24-33)30-25-35(29-11-5-3-6-12-29)38-36(26-30)34-15-9-10-16-37(34)40-2/h3-26H,1-2H3. The van der Waals surface area contributed by atoms with Crippen LogP contribution in [-0.4, -0.2) is 12.1 Å². The van der Waals surface area contributed by atoms with E-state index in [1.807, 2.05) is 42.5 Å². The Morgan fingerprint density at radius 1 is 0.500 bits per heavy atom. The van der Waals surface area contributed by atoms with Crippen LogP contribution < -0.4 is 9.64 Å². The summed E-state index contributed by atoms with van der Waals surface area (Å²) in [5, 5.41) is 0. The van der Waals surface area contributed by atoms with E-state index in [4.69, 9.17) is 9.72 Å². The fraction of sp³-hybridized carbons (Fsp3) is 0.0541. The molecule has 1 aromatic heterocycles. The summed E-state index contributed by atoms with van der Waals surface area (Å²) in [6, 6.07) is 50.6. The lowest BCUT2D eigenvalue weighted by Gasteiger charge is -2.25. The third-order valence-corrected chi connectivity index (χ3v) is 7.04. The van der Waals surface area contributed by atoms with E-state index in [0.717, 1.165) is 56.5 Å². The molecule has 0 aliphatic rings. The summed E-state index contributed by atoms with van der Waals surface area (Å²) < 4.78 is 5.68. The van der Waals surface area contributed by atoms with Gasteiger partial charge in [0, 0.05) is 28.2 Å². The molecule has 0 saturated heterocycles. The molecule has 0 unspecified atom stereocenters. The quantitative estimate of drug-likeness (QED) is 0.210. The second-order valence-electron chi connectivity index (χ2n) is 9.75. The zero-order valence-electron chi connectivity index (χ0n) is 22.7. The topological polar surface area (TPSA) is 25.4 Å². The van der Waals surface area contributed by atoms with Crippen LogP contribution in [-0.2, 0) is 0 Å². The van der Waals surface area contributed by atoms with Gasteiger partial charge in [0.05, 0.1) is 18.5 Å². The van der Waals surface area contributed by atoms with Gasteiger partial charge in [0.25, 0.3) is 0 Å². The Morgan fingerprint density at radius 2 is 1.05 bits per heavy atom. The maximum Gasteiger partial charge on any atom is 0.128 e. The lowest BCUT2D eigenvalue weighted by atomic mass is 9.99. The fourth-order valence-electron chi connectivity index (χ4n) is 4.97. The monoisotopic (exact) mass is 518 g/mol. The number of hydrogen-bond acceptors (Lipinski definition) is 3. The van der Waals surface area contributed by atoms with Gasteiger partial charge in [-0.25, -0.2) is 4.98 Å². The Kier molecular flexibility index (Phi) is 7.11. The van der Waals surface area contributed by atoms with Crippen LogP contribution in [0.5, 0.6) is 5.75 Å². The number of hydrogen-bond donors (Lipinski definition) is 0. The number of rotatable bonds is 7. The first-order valence-electron chi connectivity index (χ1n) is 13.4. The van der Waals surface area contributed by atoms with Gasteiger partial charge >= 0.3 is 0 Å². The van der Waals surface area contributed by atoms with E-state index in [0.29, 0.717) is 0 Å². The Labute approximate surface area is 236 Å². The highest BCUT2D eigenvalue weighted by atomic mass is 16.5. The van der Waals surface area contributed by atoms with Crippen molar-refractivity contribution in [3.05, 3.63) is 151 Å². The SMILES string of the molecule is COc1ccccc1-c1cc(-c2ccc(N(c3ccccc3)c3ccc(C)cc3)cc2)cc(-c2ccccc2)n1. The van der Waals surface area contributed by atoms with Crippen LogP contribution in [0, 0.1) is 6.92 Å². The molecule has 0 fully saturated rings. The predicted molar refractivity (Wildman–Crippen MR) is 167 cm³/mol. The normalized spacial score (nSPS) is 10.8. The Hall–Kier alpha value is -5.15. The van der Waals surface area contributed by atoms with Crippen LogP contribution in [0.4, 0.5) is 17.1 Å². The highest BCUT2D eigenvalue weighted by Crippen LogP contribution is 2.37. The van der Waals surface area contributed by atoms with Crippen molar-refractivity contribution in [1.82, 2.24) is 4.98 Å². The number of pyridine rings is 1. The third-order valence-electron chi connectivity index (χ3n) is 7.04. The van der Waals surface area contributed by atoms with Crippen molar-refractivity contribution in [1.29, 1.82) is 0 Å². The second-order valence-corrected chi connectivity index (χ2v) is 9.75. The Morgan fingerprint density at radius 3 is 1.73 bits per heavy atom. The summed E-state index contributed by atoms with van der Waals surface area (Å²) in [6.07, 6.45) is 0. The number of nitrogens with zero attached hydrogens (tertiary/aromatic N) is 2. The van der Waals surface area contributed by atoms with E-state index < -0.39 is 0 Å². The van der Waals surface area contributed by atoms with Gasteiger partial charge in [-0.15, -0.1) is 0 Å². The fourth-order valence-corrected chi connectivity index (χ4v) is 4.97. The van der Waals surface area contributed by atoms with E-state index in [2.05, 4.69) is 115 Å².